The summed E-state index contributed by atoms with van der Waals surface area (Å²) in [5.74, 6) is -2.02. The number of benzene rings is 2. The van der Waals surface area contributed by atoms with E-state index in [4.69, 9.17) is 9.47 Å². The van der Waals surface area contributed by atoms with Crippen molar-refractivity contribution in [3.8, 4) is 17.2 Å². The van der Waals surface area contributed by atoms with E-state index in [9.17, 15) is 4.39 Å². The molecule has 168 valence electrons. The summed E-state index contributed by atoms with van der Waals surface area (Å²) < 4.78 is 55.6. The molecule has 1 aliphatic heterocycles. The van der Waals surface area contributed by atoms with Gasteiger partial charge in [0.1, 0.15) is 0 Å². The van der Waals surface area contributed by atoms with Gasteiger partial charge in [-0.25, -0.2) is 4.39 Å². The minimum absolute atomic E-state index is 0.0284. The van der Waals surface area contributed by atoms with Crippen molar-refractivity contribution in [1.29, 1.82) is 0 Å². The lowest BCUT2D eigenvalue weighted by atomic mass is 9.76. The average molecular weight is 433 g/mol. The van der Waals surface area contributed by atoms with Crippen molar-refractivity contribution in [1.82, 2.24) is 0 Å². The van der Waals surface area contributed by atoms with Gasteiger partial charge in [0, 0.05) is 17.5 Å². The van der Waals surface area contributed by atoms with E-state index in [-0.39, 0.29) is 23.2 Å². The molecule has 2 nitrogen and oxygen atoms in total. The van der Waals surface area contributed by atoms with Crippen LogP contribution in [0.5, 0.6) is 17.2 Å². The lowest BCUT2D eigenvalue weighted by molar-refractivity contribution is 0.295. The van der Waals surface area contributed by atoms with Crippen LogP contribution in [0.15, 0.2) is 18.2 Å². The molecule has 2 aliphatic rings. The smallest absolute Gasteiger partial charge is 0.207 e. The van der Waals surface area contributed by atoms with Gasteiger partial charge in [-0.3, -0.25) is 0 Å². The van der Waals surface area contributed by atoms with Crippen LogP contribution in [0, 0.1) is 23.4 Å². The third-order valence-electron chi connectivity index (χ3n) is 6.80. The SMILES string of the molecule is CCCCCC1CCC(c2cc3c(c(F)c2F)Oc2c(ccc(OCC)c2F)C3)CC1. The summed E-state index contributed by atoms with van der Waals surface area (Å²) in [6.45, 7) is 4.27. The van der Waals surface area contributed by atoms with Gasteiger partial charge in [-0.15, -0.1) is 0 Å². The Hall–Kier alpha value is -2.17. The minimum atomic E-state index is -1.01. The number of halogens is 3. The summed E-state index contributed by atoms with van der Waals surface area (Å²) in [5.41, 5.74) is 1.64. The summed E-state index contributed by atoms with van der Waals surface area (Å²) in [5, 5.41) is 0. The van der Waals surface area contributed by atoms with Gasteiger partial charge in [0.15, 0.2) is 23.1 Å². The number of hydrogen-bond acceptors (Lipinski definition) is 2. The molecule has 4 rings (SSSR count). The van der Waals surface area contributed by atoms with E-state index in [0.29, 0.717) is 35.6 Å². The van der Waals surface area contributed by atoms with Crippen LogP contribution >= 0.6 is 0 Å². The van der Waals surface area contributed by atoms with Crippen LogP contribution < -0.4 is 9.47 Å². The Morgan fingerprint density at radius 2 is 1.65 bits per heavy atom. The van der Waals surface area contributed by atoms with E-state index in [1.807, 2.05) is 0 Å². The van der Waals surface area contributed by atoms with E-state index in [0.717, 1.165) is 25.7 Å². The van der Waals surface area contributed by atoms with Crippen LogP contribution in [0.3, 0.4) is 0 Å². The molecule has 31 heavy (non-hydrogen) atoms. The molecule has 5 heteroatoms. The Morgan fingerprint density at radius 3 is 2.35 bits per heavy atom. The Morgan fingerprint density at radius 1 is 0.903 bits per heavy atom. The molecule has 0 amide bonds. The second kappa shape index (κ2) is 9.54. The fraction of sp³-hybridized carbons (Fsp3) is 0.538. The summed E-state index contributed by atoms with van der Waals surface area (Å²) in [4.78, 5) is 0. The summed E-state index contributed by atoms with van der Waals surface area (Å²) in [6.07, 6.45) is 9.19. The highest BCUT2D eigenvalue weighted by atomic mass is 19.2. The number of fused-ring (bicyclic) bond motifs is 2. The van der Waals surface area contributed by atoms with Crippen LogP contribution in [0.25, 0.3) is 0 Å². The second-order valence-corrected chi connectivity index (χ2v) is 8.87. The molecular weight excluding hydrogens is 401 g/mol. The van der Waals surface area contributed by atoms with Crippen LogP contribution in [0.2, 0.25) is 0 Å². The zero-order valence-electron chi connectivity index (χ0n) is 18.4. The molecule has 1 fully saturated rings. The zero-order chi connectivity index (χ0) is 22.0. The predicted octanol–water partition coefficient (Wildman–Crippen LogP) is 8.05. The molecule has 1 heterocycles. The van der Waals surface area contributed by atoms with E-state index in [1.165, 1.54) is 25.7 Å². The number of ether oxygens (including phenoxy) is 2. The van der Waals surface area contributed by atoms with Gasteiger partial charge in [0.25, 0.3) is 0 Å². The van der Waals surface area contributed by atoms with Gasteiger partial charge in [-0.1, -0.05) is 38.7 Å². The fourth-order valence-corrected chi connectivity index (χ4v) is 5.07. The number of unbranched alkanes of at least 4 members (excludes halogenated alkanes) is 2. The lowest BCUT2D eigenvalue weighted by Crippen LogP contribution is -2.17. The van der Waals surface area contributed by atoms with Gasteiger partial charge >= 0.3 is 0 Å². The first kappa shape index (κ1) is 22.0. The topological polar surface area (TPSA) is 18.5 Å². The van der Waals surface area contributed by atoms with Crippen LogP contribution in [-0.2, 0) is 6.42 Å². The largest absolute Gasteiger partial charge is 0.491 e. The molecule has 0 unspecified atom stereocenters. The third-order valence-corrected chi connectivity index (χ3v) is 6.80. The molecule has 0 bridgehead atoms. The maximum Gasteiger partial charge on any atom is 0.207 e. The molecule has 0 spiro atoms. The Bertz CT molecular complexity index is 933. The van der Waals surface area contributed by atoms with Crippen molar-refractivity contribution in [3.05, 3.63) is 52.3 Å². The molecule has 0 saturated heterocycles. The highest BCUT2D eigenvalue weighted by Crippen LogP contribution is 2.46. The quantitative estimate of drug-likeness (QED) is 0.352. The van der Waals surface area contributed by atoms with Crippen molar-refractivity contribution in [2.45, 2.75) is 77.6 Å². The van der Waals surface area contributed by atoms with Crippen molar-refractivity contribution >= 4 is 0 Å². The summed E-state index contributed by atoms with van der Waals surface area (Å²) >= 11 is 0. The summed E-state index contributed by atoms with van der Waals surface area (Å²) in [7, 11) is 0. The maximum atomic E-state index is 15.0. The Balaban J connectivity index is 1.54. The second-order valence-electron chi connectivity index (χ2n) is 8.87. The van der Waals surface area contributed by atoms with Gasteiger partial charge in [0.05, 0.1) is 6.61 Å². The average Bonchev–Trinajstić information content (AvgIpc) is 2.78. The van der Waals surface area contributed by atoms with Gasteiger partial charge in [0.2, 0.25) is 11.6 Å². The van der Waals surface area contributed by atoms with Crippen LogP contribution in [-0.4, -0.2) is 6.61 Å². The first-order valence-electron chi connectivity index (χ1n) is 11.7. The van der Waals surface area contributed by atoms with Crippen LogP contribution in [0.4, 0.5) is 13.2 Å². The first-order chi connectivity index (χ1) is 15.0. The zero-order valence-corrected chi connectivity index (χ0v) is 18.4. The van der Waals surface area contributed by atoms with Crippen molar-refractivity contribution < 1.29 is 22.6 Å². The predicted molar refractivity (Wildman–Crippen MR) is 116 cm³/mol. The van der Waals surface area contributed by atoms with Crippen molar-refractivity contribution in [3.63, 3.8) is 0 Å². The monoisotopic (exact) mass is 432 g/mol. The molecule has 1 saturated carbocycles. The molecular formula is C26H31F3O2. The normalized spacial score (nSPS) is 20.0. The molecule has 0 radical (unpaired) electrons. The van der Waals surface area contributed by atoms with Gasteiger partial charge in [-0.2, -0.15) is 8.78 Å². The van der Waals surface area contributed by atoms with Crippen molar-refractivity contribution in [2.75, 3.05) is 6.61 Å². The van der Waals surface area contributed by atoms with Crippen LogP contribution in [0.1, 0.15) is 87.8 Å². The molecule has 1 aliphatic carbocycles. The number of hydrogen-bond donors (Lipinski definition) is 0. The minimum Gasteiger partial charge on any atom is -0.491 e. The lowest BCUT2D eigenvalue weighted by Gasteiger charge is -2.30. The maximum absolute atomic E-state index is 15.0. The molecule has 0 aromatic heterocycles. The highest BCUT2D eigenvalue weighted by Gasteiger charge is 2.32. The van der Waals surface area contributed by atoms with Gasteiger partial charge in [-0.05, 0) is 62.1 Å². The molecule has 0 N–H and O–H groups in total. The van der Waals surface area contributed by atoms with E-state index in [1.54, 1.807) is 25.1 Å². The van der Waals surface area contributed by atoms with E-state index in [2.05, 4.69) is 6.92 Å². The summed E-state index contributed by atoms with van der Waals surface area (Å²) in [6, 6.07) is 5.04. The van der Waals surface area contributed by atoms with Crippen molar-refractivity contribution in [2.24, 2.45) is 5.92 Å². The fourth-order valence-electron chi connectivity index (χ4n) is 5.07. The number of rotatable bonds is 7. The Labute approximate surface area is 182 Å². The Kier molecular flexibility index (Phi) is 6.78. The first-order valence-corrected chi connectivity index (χ1v) is 11.7. The van der Waals surface area contributed by atoms with E-state index < -0.39 is 17.5 Å². The molecule has 2 aromatic rings. The highest BCUT2D eigenvalue weighted by molar-refractivity contribution is 5.55. The standard InChI is InChI=1S/C26H31F3O2/c1-3-5-6-7-16-8-10-17(11-9-16)20-15-19-14-18-12-13-21(30-4-2)23(28)25(18)31-26(19)24(29)22(20)27/h12-13,15-17H,3-11,14H2,1-2H3. The molecule has 2 aromatic carbocycles. The van der Waals surface area contributed by atoms with Gasteiger partial charge < -0.3 is 9.47 Å². The molecule has 0 atom stereocenters. The van der Waals surface area contributed by atoms with E-state index >= 15 is 8.78 Å². The third kappa shape index (κ3) is 4.42.